The van der Waals surface area contributed by atoms with Gasteiger partial charge in [0.1, 0.15) is 5.58 Å². The smallest absolute Gasteiger partial charge is 0.134 e. The molecule has 2 aromatic rings. The molecule has 2 nitrogen and oxygen atoms in total. The standard InChI is InChI=1S/C18H27NO/c1-13(2)11-19-9-8-14-12-20-17-7-6-15(10-16(14)17)18(3,4)5/h6-7,10,12-13,19H,8-9,11H2,1-5H3. The highest BCUT2D eigenvalue weighted by molar-refractivity contribution is 5.82. The maximum absolute atomic E-state index is 5.67. The van der Waals surface area contributed by atoms with Gasteiger partial charge in [0.05, 0.1) is 6.26 Å². The van der Waals surface area contributed by atoms with Crippen molar-refractivity contribution in [2.45, 2.75) is 46.5 Å². The first-order chi connectivity index (χ1) is 9.38. The zero-order valence-corrected chi connectivity index (χ0v) is 13.4. The molecule has 0 saturated carbocycles. The minimum absolute atomic E-state index is 0.179. The fraction of sp³-hybridized carbons (Fsp3) is 0.556. The molecular formula is C18H27NO. The molecule has 0 atom stereocenters. The molecule has 0 saturated heterocycles. The number of benzene rings is 1. The van der Waals surface area contributed by atoms with E-state index in [0.717, 1.165) is 25.1 Å². The van der Waals surface area contributed by atoms with Gasteiger partial charge in [-0.25, -0.2) is 0 Å². The van der Waals surface area contributed by atoms with Crippen molar-refractivity contribution in [1.82, 2.24) is 5.32 Å². The summed E-state index contributed by atoms with van der Waals surface area (Å²) in [5.41, 5.74) is 3.85. The van der Waals surface area contributed by atoms with E-state index in [0.29, 0.717) is 5.92 Å². The summed E-state index contributed by atoms with van der Waals surface area (Å²) in [7, 11) is 0. The Morgan fingerprint density at radius 3 is 2.60 bits per heavy atom. The summed E-state index contributed by atoms with van der Waals surface area (Å²) < 4.78 is 5.67. The lowest BCUT2D eigenvalue weighted by Crippen LogP contribution is -2.22. The van der Waals surface area contributed by atoms with Crippen molar-refractivity contribution in [3.05, 3.63) is 35.6 Å². The molecule has 0 aliphatic carbocycles. The Balaban J connectivity index is 2.13. The van der Waals surface area contributed by atoms with E-state index >= 15 is 0 Å². The van der Waals surface area contributed by atoms with Crippen LogP contribution in [0.5, 0.6) is 0 Å². The van der Waals surface area contributed by atoms with Gasteiger partial charge in [-0.15, -0.1) is 0 Å². The molecule has 20 heavy (non-hydrogen) atoms. The second-order valence-electron chi connectivity index (χ2n) is 7.07. The van der Waals surface area contributed by atoms with E-state index in [4.69, 9.17) is 4.42 Å². The highest BCUT2D eigenvalue weighted by atomic mass is 16.3. The molecule has 0 spiro atoms. The van der Waals surface area contributed by atoms with Crippen molar-refractivity contribution >= 4 is 11.0 Å². The first-order valence-corrected chi connectivity index (χ1v) is 7.59. The Bertz CT molecular complexity index is 560. The third-order valence-electron chi connectivity index (χ3n) is 3.64. The van der Waals surface area contributed by atoms with Gasteiger partial charge in [-0.05, 0) is 54.1 Å². The Labute approximate surface area is 122 Å². The van der Waals surface area contributed by atoms with E-state index in [1.807, 2.05) is 6.26 Å². The SMILES string of the molecule is CC(C)CNCCc1coc2ccc(C(C)(C)C)cc12. The second-order valence-corrected chi connectivity index (χ2v) is 7.07. The summed E-state index contributed by atoms with van der Waals surface area (Å²) >= 11 is 0. The molecule has 1 N–H and O–H groups in total. The lowest BCUT2D eigenvalue weighted by molar-refractivity contribution is 0.552. The minimum atomic E-state index is 0.179. The Morgan fingerprint density at radius 2 is 1.95 bits per heavy atom. The van der Waals surface area contributed by atoms with Gasteiger partial charge in [0, 0.05) is 5.39 Å². The van der Waals surface area contributed by atoms with Crippen LogP contribution in [0.2, 0.25) is 0 Å². The quantitative estimate of drug-likeness (QED) is 0.810. The first kappa shape index (κ1) is 15.1. The molecule has 1 heterocycles. The summed E-state index contributed by atoms with van der Waals surface area (Å²) in [5, 5.41) is 4.76. The molecule has 1 aromatic carbocycles. The maximum Gasteiger partial charge on any atom is 0.134 e. The van der Waals surface area contributed by atoms with Crippen molar-refractivity contribution in [3.63, 3.8) is 0 Å². The van der Waals surface area contributed by atoms with Crippen molar-refractivity contribution in [2.75, 3.05) is 13.1 Å². The summed E-state index contributed by atoms with van der Waals surface area (Å²) in [4.78, 5) is 0. The van der Waals surface area contributed by atoms with Crippen LogP contribution in [0.15, 0.2) is 28.9 Å². The van der Waals surface area contributed by atoms with Gasteiger partial charge in [0.25, 0.3) is 0 Å². The molecule has 1 aromatic heterocycles. The van der Waals surface area contributed by atoms with Gasteiger partial charge in [-0.3, -0.25) is 0 Å². The minimum Gasteiger partial charge on any atom is -0.464 e. The van der Waals surface area contributed by atoms with Gasteiger partial charge in [-0.2, -0.15) is 0 Å². The van der Waals surface area contributed by atoms with Gasteiger partial charge in [-0.1, -0.05) is 40.7 Å². The molecule has 0 unspecified atom stereocenters. The zero-order chi connectivity index (χ0) is 14.8. The summed E-state index contributed by atoms with van der Waals surface area (Å²) in [5.74, 6) is 0.698. The predicted molar refractivity (Wildman–Crippen MR) is 86.3 cm³/mol. The van der Waals surface area contributed by atoms with Crippen LogP contribution in [0.4, 0.5) is 0 Å². The molecule has 0 fully saturated rings. The molecule has 0 amide bonds. The average Bonchev–Trinajstić information content (AvgIpc) is 2.76. The molecule has 0 radical (unpaired) electrons. The van der Waals surface area contributed by atoms with Gasteiger partial charge < -0.3 is 9.73 Å². The molecule has 0 bridgehead atoms. The monoisotopic (exact) mass is 273 g/mol. The van der Waals surface area contributed by atoms with Crippen LogP contribution < -0.4 is 5.32 Å². The molecule has 110 valence electrons. The summed E-state index contributed by atoms with van der Waals surface area (Å²) in [6.07, 6.45) is 2.93. The van der Waals surface area contributed by atoms with E-state index in [2.05, 4.69) is 58.1 Å². The van der Waals surface area contributed by atoms with Gasteiger partial charge >= 0.3 is 0 Å². The summed E-state index contributed by atoms with van der Waals surface area (Å²) in [6.45, 7) is 13.3. The van der Waals surface area contributed by atoms with Crippen LogP contribution in [0.3, 0.4) is 0 Å². The molecule has 2 heteroatoms. The first-order valence-electron chi connectivity index (χ1n) is 7.59. The van der Waals surface area contributed by atoms with E-state index in [9.17, 15) is 0 Å². The van der Waals surface area contributed by atoms with Crippen LogP contribution in [0, 0.1) is 5.92 Å². The number of fused-ring (bicyclic) bond motifs is 1. The third-order valence-corrected chi connectivity index (χ3v) is 3.64. The Kier molecular flexibility index (Phi) is 4.54. The molecular weight excluding hydrogens is 246 g/mol. The second kappa shape index (κ2) is 6.01. The highest BCUT2D eigenvalue weighted by Crippen LogP contribution is 2.29. The lowest BCUT2D eigenvalue weighted by atomic mass is 9.86. The Morgan fingerprint density at radius 1 is 1.20 bits per heavy atom. The van der Waals surface area contributed by atoms with E-state index in [1.54, 1.807) is 0 Å². The fourth-order valence-electron chi connectivity index (χ4n) is 2.36. The summed E-state index contributed by atoms with van der Waals surface area (Å²) in [6, 6.07) is 6.56. The average molecular weight is 273 g/mol. The topological polar surface area (TPSA) is 25.2 Å². The molecule has 2 rings (SSSR count). The van der Waals surface area contributed by atoms with Crippen LogP contribution in [0.25, 0.3) is 11.0 Å². The molecule has 0 aliphatic rings. The fourth-order valence-corrected chi connectivity index (χ4v) is 2.36. The van der Waals surface area contributed by atoms with E-state index < -0.39 is 0 Å². The van der Waals surface area contributed by atoms with Crippen LogP contribution in [-0.2, 0) is 11.8 Å². The normalized spacial score (nSPS) is 12.5. The predicted octanol–water partition coefficient (Wildman–Crippen LogP) is 4.52. The van der Waals surface area contributed by atoms with Crippen LogP contribution in [0.1, 0.15) is 45.7 Å². The lowest BCUT2D eigenvalue weighted by Gasteiger charge is -2.18. The van der Waals surface area contributed by atoms with E-state index in [-0.39, 0.29) is 5.41 Å². The largest absolute Gasteiger partial charge is 0.464 e. The Hall–Kier alpha value is -1.28. The highest BCUT2D eigenvalue weighted by Gasteiger charge is 2.15. The molecule has 0 aliphatic heterocycles. The zero-order valence-electron chi connectivity index (χ0n) is 13.4. The van der Waals surface area contributed by atoms with E-state index in [1.165, 1.54) is 16.5 Å². The van der Waals surface area contributed by atoms with Gasteiger partial charge in [0.2, 0.25) is 0 Å². The number of rotatable bonds is 5. The van der Waals surface area contributed by atoms with Crippen LogP contribution in [-0.4, -0.2) is 13.1 Å². The van der Waals surface area contributed by atoms with Crippen molar-refractivity contribution in [3.8, 4) is 0 Å². The van der Waals surface area contributed by atoms with Crippen molar-refractivity contribution in [1.29, 1.82) is 0 Å². The van der Waals surface area contributed by atoms with Crippen LogP contribution >= 0.6 is 0 Å². The van der Waals surface area contributed by atoms with Gasteiger partial charge in [0.15, 0.2) is 0 Å². The number of hydrogen-bond donors (Lipinski definition) is 1. The van der Waals surface area contributed by atoms with Crippen molar-refractivity contribution < 1.29 is 4.42 Å². The third kappa shape index (κ3) is 3.63. The number of nitrogens with one attached hydrogen (secondary N) is 1. The maximum atomic E-state index is 5.67. The number of hydrogen-bond acceptors (Lipinski definition) is 2. The van der Waals surface area contributed by atoms with Crippen molar-refractivity contribution in [2.24, 2.45) is 5.92 Å². The number of furan rings is 1.